The maximum Gasteiger partial charge on any atom is 0.133 e. The van der Waals surface area contributed by atoms with Crippen LogP contribution in [-0.4, -0.2) is 18.5 Å². The molecule has 2 nitrogen and oxygen atoms in total. The highest BCUT2D eigenvalue weighted by atomic mass is 16.5. The second-order valence-electron chi connectivity index (χ2n) is 11.4. The lowest BCUT2D eigenvalue weighted by atomic mass is 9.44. The van der Waals surface area contributed by atoms with Crippen molar-refractivity contribution in [2.75, 3.05) is 6.61 Å². The van der Waals surface area contributed by atoms with Gasteiger partial charge in [0.05, 0.1) is 6.10 Å². The minimum atomic E-state index is 0.301. The summed E-state index contributed by atoms with van der Waals surface area (Å²) in [6.07, 6.45) is 16.3. The third-order valence-electron chi connectivity index (χ3n) is 10.2. The molecule has 0 aromatic heterocycles. The summed E-state index contributed by atoms with van der Waals surface area (Å²) in [7, 11) is 0. The second-order valence-corrected chi connectivity index (χ2v) is 11.4. The maximum atomic E-state index is 12.3. The van der Waals surface area contributed by atoms with E-state index in [-0.39, 0.29) is 0 Å². The van der Waals surface area contributed by atoms with Crippen LogP contribution in [0.5, 0.6) is 0 Å². The van der Waals surface area contributed by atoms with E-state index in [1.165, 1.54) is 70.6 Å². The first-order valence-electron chi connectivity index (χ1n) is 12.5. The number of ether oxygens (including phenoxy) is 1. The summed E-state index contributed by atoms with van der Waals surface area (Å²) in [5.41, 5.74) is 0.831. The number of hydrogen-bond acceptors (Lipinski definition) is 2. The van der Waals surface area contributed by atoms with E-state index in [1.807, 2.05) is 6.92 Å². The minimum Gasteiger partial charge on any atom is -0.378 e. The molecule has 2 heteroatoms. The summed E-state index contributed by atoms with van der Waals surface area (Å²) in [6.45, 7) is 10.2. The van der Waals surface area contributed by atoms with E-state index < -0.39 is 0 Å². The van der Waals surface area contributed by atoms with E-state index in [2.05, 4.69) is 20.8 Å². The monoisotopic (exact) mass is 388 g/mol. The summed E-state index contributed by atoms with van der Waals surface area (Å²) < 4.78 is 6.30. The van der Waals surface area contributed by atoms with Crippen LogP contribution in [0.4, 0.5) is 0 Å². The zero-order valence-electron chi connectivity index (χ0n) is 19.0. The number of ketones is 1. The lowest BCUT2D eigenvalue weighted by Crippen LogP contribution is -2.54. The van der Waals surface area contributed by atoms with Crippen LogP contribution in [0.3, 0.4) is 0 Å². The lowest BCUT2D eigenvalue weighted by molar-refractivity contribution is -0.142. The Hall–Kier alpha value is -0.370. The van der Waals surface area contributed by atoms with Gasteiger partial charge >= 0.3 is 0 Å². The number of carbonyl (C=O) groups excluding carboxylic acids is 1. The molecule has 0 saturated heterocycles. The van der Waals surface area contributed by atoms with Crippen molar-refractivity contribution in [3.63, 3.8) is 0 Å². The molecular formula is C26H44O2. The van der Waals surface area contributed by atoms with Gasteiger partial charge in [0.1, 0.15) is 5.78 Å². The zero-order chi connectivity index (χ0) is 19.9. The van der Waals surface area contributed by atoms with Gasteiger partial charge in [0.25, 0.3) is 0 Å². The second kappa shape index (κ2) is 8.05. The Morgan fingerprint density at radius 2 is 1.68 bits per heavy atom. The van der Waals surface area contributed by atoms with Crippen LogP contribution in [0.1, 0.15) is 105 Å². The van der Waals surface area contributed by atoms with Crippen LogP contribution < -0.4 is 0 Å². The van der Waals surface area contributed by atoms with E-state index >= 15 is 0 Å². The first-order chi connectivity index (χ1) is 13.4. The molecule has 160 valence electrons. The number of fused-ring (bicyclic) bond motifs is 5. The smallest absolute Gasteiger partial charge is 0.133 e. The molecule has 0 aliphatic heterocycles. The van der Waals surface area contributed by atoms with Crippen molar-refractivity contribution in [2.45, 2.75) is 111 Å². The Balaban J connectivity index is 1.42. The molecule has 0 aromatic rings. The normalized spacial score (nSPS) is 47.9. The zero-order valence-corrected chi connectivity index (χ0v) is 19.0. The topological polar surface area (TPSA) is 26.3 Å². The number of hydrogen-bond donors (Lipinski definition) is 0. The van der Waals surface area contributed by atoms with Crippen LogP contribution >= 0.6 is 0 Å². The first kappa shape index (κ1) is 20.9. The molecular weight excluding hydrogens is 344 g/mol. The van der Waals surface area contributed by atoms with Crippen LogP contribution in [0, 0.1) is 40.4 Å². The molecule has 0 heterocycles. The Labute approximate surface area is 173 Å². The molecule has 4 aliphatic carbocycles. The van der Waals surface area contributed by atoms with Crippen molar-refractivity contribution in [1.82, 2.24) is 0 Å². The Kier molecular flexibility index (Phi) is 6.00. The van der Waals surface area contributed by atoms with E-state index in [0.29, 0.717) is 28.6 Å². The lowest BCUT2D eigenvalue weighted by Gasteiger charge is -2.61. The minimum absolute atomic E-state index is 0.301. The van der Waals surface area contributed by atoms with Crippen molar-refractivity contribution < 1.29 is 9.53 Å². The largest absolute Gasteiger partial charge is 0.378 e. The summed E-state index contributed by atoms with van der Waals surface area (Å²) >= 11 is 0. The molecule has 4 fully saturated rings. The van der Waals surface area contributed by atoms with Crippen molar-refractivity contribution in [2.24, 2.45) is 40.4 Å². The molecule has 0 radical (unpaired) electrons. The Morgan fingerprint density at radius 3 is 2.43 bits per heavy atom. The SMILES string of the molecule is CCCCCOC1CC[C@@]2(C)C(CC[C@H]3[C@@H]4CC[C@H](C(C)=O)[C@@]4(C)CC[C@@H]32)C1. The highest BCUT2D eigenvalue weighted by Crippen LogP contribution is 2.67. The van der Waals surface area contributed by atoms with Crippen LogP contribution in [0.25, 0.3) is 0 Å². The van der Waals surface area contributed by atoms with E-state index in [4.69, 9.17) is 4.74 Å². The molecule has 0 bridgehead atoms. The van der Waals surface area contributed by atoms with E-state index in [1.54, 1.807) is 0 Å². The molecule has 28 heavy (non-hydrogen) atoms. The summed E-state index contributed by atoms with van der Waals surface area (Å²) in [4.78, 5) is 12.3. The Bertz CT molecular complexity index is 571. The van der Waals surface area contributed by atoms with E-state index in [0.717, 1.165) is 36.7 Å². The summed E-state index contributed by atoms with van der Waals surface area (Å²) in [5.74, 6) is 4.26. The fourth-order valence-electron chi connectivity index (χ4n) is 8.64. The average molecular weight is 389 g/mol. The molecule has 0 aromatic carbocycles. The van der Waals surface area contributed by atoms with Crippen molar-refractivity contribution in [1.29, 1.82) is 0 Å². The van der Waals surface area contributed by atoms with Crippen molar-refractivity contribution in [3.05, 3.63) is 0 Å². The van der Waals surface area contributed by atoms with Crippen LogP contribution in [0.2, 0.25) is 0 Å². The summed E-state index contributed by atoms with van der Waals surface area (Å²) in [6, 6.07) is 0. The number of carbonyl (C=O) groups is 1. The van der Waals surface area contributed by atoms with Crippen LogP contribution in [-0.2, 0) is 9.53 Å². The Morgan fingerprint density at radius 1 is 0.929 bits per heavy atom. The van der Waals surface area contributed by atoms with Gasteiger partial charge in [0.15, 0.2) is 0 Å². The predicted molar refractivity (Wildman–Crippen MR) is 115 cm³/mol. The molecule has 4 aliphatic rings. The third-order valence-corrected chi connectivity index (χ3v) is 10.2. The molecule has 4 rings (SSSR count). The van der Waals surface area contributed by atoms with Gasteiger partial charge in [0.2, 0.25) is 0 Å². The number of rotatable bonds is 6. The van der Waals surface area contributed by atoms with Crippen LogP contribution in [0.15, 0.2) is 0 Å². The number of unbranched alkanes of at least 4 members (excludes halogenated alkanes) is 2. The standard InChI is InChI=1S/C26H44O2/c1-5-6-7-16-28-20-12-14-25(3)19(17-20)8-9-21-23-11-10-22(18(2)27)26(23,4)15-13-24(21)25/h19-24H,5-17H2,1-4H3/t19?,20?,21-,22+,23-,24-,25-,26+/m0/s1. The van der Waals surface area contributed by atoms with Gasteiger partial charge < -0.3 is 4.74 Å². The van der Waals surface area contributed by atoms with Gasteiger partial charge in [0, 0.05) is 12.5 Å². The fraction of sp³-hybridized carbons (Fsp3) is 0.962. The first-order valence-corrected chi connectivity index (χ1v) is 12.5. The van der Waals surface area contributed by atoms with Crippen molar-refractivity contribution in [3.8, 4) is 0 Å². The van der Waals surface area contributed by atoms with E-state index in [9.17, 15) is 4.79 Å². The highest BCUT2D eigenvalue weighted by molar-refractivity contribution is 5.79. The quantitative estimate of drug-likeness (QED) is 0.467. The maximum absolute atomic E-state index is 12.3. The molecule has 4 saturated carbocycles. The molecule has 0 spiro atoms. The number of Topliss-reactive ketones (excluding diaryl/α,β-unsaturated/α-hetero) is 1. The highest BCUT2D eigenvalue weighted by Gasteiger charge is 2.60. The molecule has 0 amide bonds. The van der Waals surface area contributed by atoms with Gasteiger partial charge in [-0.25, -0.2) is 0 Å². The molecule has 0 N–H and O–H groups in total. The van der Waals surface area contributed by atoms with Gasteiger partial charge in [-0.05, 0) is 106 Å². The summed E-state index contributed by atoms with van der Waals surface area (Å²) in [5, 5.41) is 0. The predicted octanol–water partition coefficient (Wildman–Crippen LogP) is 6.81. The van der Waals surface area contributed by atoms with Gasteiger partial charge in [-0.15, -0.1) is 0 Å². The van der Waals surface area contributed by atoms with Gasteiger partial charge in [-0.1, -0.05) is 33.6 Å². The van der Waals surface area contributed by atoms with Gasteiger partial charge in [-0.2, -0.15) is 0 Å². The fourth-order valence-corrected chi connectivity index (χ4v) is 8.64. The van der Waals surface area contributed by atoms with Gasteiger partial charge in [-0.3, -0.25) is 4.79 Å². The molecule has 2 unspecified atom stereocenters. The average Bonchev–Trinajstić information content (AvgIpc) is 3.03. The third kappa shape index (κ3) is 3.40. The molecule has 8 atom stereocenters. The van der Waals surface area contributed by atoms with Crippen molar-refractivity contribution >= 4 is 5.78 Å².